The minimum absolute atomic E-state index is 0.0938. The first-order valence-electron chi connectivity index (χ1n) is 8.82. The molecular weight excluding hydrogens is 318 g/mol. The fourth-order valence-corrected chi connectivity index (χ4v) is 3.77. The first-order valence-corrected chi connectivity index (χ1v) is 8.82. The Balaban J connectivity index is 1.41. The predicted octanol–water partition coefficient (Wildman–Crippen LogP) is 3.12. The number of ether oxygens (including phenoxy) is 2. The van der Waals surface area contributed by atoms with E-state index in [1.807, 2.05) is 18.2 Å². The van der Waals surface area contributed by atoms with E-state index in [9.17, 15) is 10.2 Å². The van der Waals surface area contributed by atoms with Gasteiger partial charge in [-0.05, 0) is 55.1 Å². The lowest BCUT2D eigenvalue weighted by Gasteiger charge is -2.36. The van der Waals surface area contributed by atoms with Crippen molar-refractivity contribution in [3.63, 3.8) is 0 Å². The van der Waals surface area contributed by atoms with E-state index in [-0.39, 0.29) is 11.9 Å². The minimum Gasteiger partial charge on any atom is -0.508 e. The van der Waals surface area contributed by atoms with E-state index in [1.165, 1.54) is 5.56 Å². The van der Waals surface area contributed by atoms with Crippen molar-refractivity contribution in [1.82, 2.24) is 4.90 Å². The molecule has 2 aromatic carbocycles. The Labute approximate surface area is 147 Å². The van der Waals surface area contributed by atoms with E-state index < -0.39 is 0 Å². The van der Waals surface area contributed by atoms with Gasteiger partial charge in [-0.2, -0.15) is 0 Å². The van der Waals surface area contributed by atoms with Crippen LogP contribution in [0.15, 0.2) is 42.5 Å². The number of aromatic hydroxyl groups is 2. The second-order valence-electron chi connectivity index (χ2n) is 6.85. The Hall–Kier alpha value is -2.40. The monoisotopic (exact) mass is 341 g/mol. The molecule has 2 aliphatic heterocycles. The average molecular weight is 341 g/mol. The van der Waals surface area contributed by atoms with Crippen molar-refractivity contribution in [2.45, 2.75) is 24.9 Å². The molecular formula is C20H23NO4. The normalized spacial score (nSPS) is 23.4. The van der Waals surface area contributed by atoms with Gasteiger partial charge in [-0.15, -0.1) is 0 Å². The molecule has 0 spiro atoms. The molecule has 0 radical (unpaired) electrons. The smallest absolute Gasteiger partial charge is 0.203 e. The van der Waals surface area contributed by atoms with E-state index in [0.29, 0.717) is 29.8 Å². The molecule has 2 N–H and O–H groups in total. The Morgan fingerprint density at radius 2 is 2.00 bits per heavy atom. The number of likely N-dealkylation sites (tertiary alicyclic amines) is 1. The molecule has 0 amide bonds. The largest absolute Gasteiger partial charge is 0.508 e. The number of nitrogens with zero attached hydrogens (tertiary/aromatic N) is 1. The van der Waals surface area contributed by atoms with Crippen molar-refractivity contribution in [2.75, 3.05) is 26.2 Å². The van der Waals surface area contributed by atoms with Crippen LogP contribution in [-0.2, 0) is 0 Å². The number of hydrogen-bond donors (Lipinski definition) is 2. The molecule has 132 valence electrons. The molecule has 0 bridgehead atoms. The molecule has 25 heavy (non-hydrogen) atoms. The first-order chi connectivity index (χ1) is 12.2. The van der Waals surface area contributed by atoms with Crippen molar-refractivity contribution in [1.29, 1.82) is 0 Å². The summed E-state index contributed by atoms with van der Waals surface area (Å²) < 4.78 is 11.7. The van der Waals surface area contributed by atoms with Gasteiger partial charge >= 0.3 is 0 Å². The SMILES string of the molecule is Oc1cccc([C@H]2CCCN(C[C@H]3COc4cccc(O)c4O3)C2)c1. The molecule has 1 fully saturated rings. The number of phenols is 2. The Morgan fingerprint density at radius 3 is 2.88 bits per heavy atom. The van der Waals surface area contributed by atoms with Gasteiger partial charge in [-0.3, -0.25) is 4.90 Å². The summed E-state index contributed by atoms with van der Waals surface area (Å²) in [7, 11) is 0. The number of hydrogen-bond acceptors (Lipinski definition) is 5. The lowest BCUT2D eigenvalue weighted by molar-refractivity contribution is 0.0480. The van der Waals surface area contributed by atoms with Crippen LogP contribution in [0.4, 0.5) is 0 Å². The standard InChI is InChI=1S/C20H23NO4/c22-16-6-1-4-14(10-16)15-5-3-9-21(11-15)12-17-13-24-19-8-2-7-18(23)20(19)25-17/h1-2,4,6-8,10,15,17,22-23H,3,5,9,11-13H2/t15-,17-/m0/s1. The summed E-state index contributed by atoms with van der Waals surface area (Å²) in [6.45, 7) is 3.23. The van der Waals surface area contributed by atoms with Gasteiger partial charge in [0, 0.05) is 13.1 Å². The van der Waals surface area contributed by atoms with Crippen LogP contribution in [0, 0.1) is 0 Å². The van der Waals surface area contributed by atoms with Gasteiger partial charge < -0.3 is 19.7 Å². The van der Waals surface area contributed by atoms with Crippen LogP contribution in [0.5, 0.6) is 23.0 Å². The quantitative estimate of drug-likeness (QED) is 0.898. The van der Waals surface area contributed by atoms with E-state index in [1.54, 1.807) is 18.2 Å². The van der Waals surface area contributed by atoms with Crippen molar-refractivity contribution in [3.8, 4) is 23.0 Å². The van der Waals surface area contributed by atoms with Crippen LogP contribution in [-0.4, -0.2) is 47.5 Å². The number of para-hydroxylation sites is 1. The second kappa shape index (κ2) is 6.84. The van der Waals surface area contributed by atoms with Gasteiger partial charge in [0.15, 0.2) is 11.5 Å². The van der Waals surface area contributed by atoms with E-state index in [0.717, 1.165) is 32.5 Å². The topological polar surface area (TPSA) is 62.2 Å². The third-order valence-corrected chi connectivity index (χ3v) is 4.98. The maximum Gasteiger partial charge on any atom is 0.203 e. The summed E-state index contributed by atoms with van der Waals surface area (Å²) in [5.74, 6) is 1.92. The Morgan fingerprint density at radius 1 is 1.12 bits per heavy atom. The highest BCUT2D eigenvalue weighted by Crippen LogP contribution is 2.39. The molecule has 0 aromatic heterocycles. The van der Waals surface area contributed by atoms with Crippen LogP contribution >= 0.6 is 0 Å². The Bertz CT molecular complexity index is 748. The lowest BCUT2D eigenvalue weighted by Crippen LogP contribution is -2.44. The third kappa shape index (κ3) is 3.51. The maximum absolute atomic E-state index is 9.95. The first kappa shape index (κ1) is 16.1. The summed E-state index contributed by atoms with van der Waals surface area (Å²) in [4.78, 5) is 2.39. The predicted molar refractivity (Wildman–Crippen MR) is 94.5 cm³/mol. The van der Waals surface area contributed by atoms with E-state index in [2.05, 4.69) is 11.0 Å². The Kier molecular flexibility index (Phi) is 4.40. The molecule has 2 heterocycles. The van der Waals surface area contributed by atoms with Crippen LogP contribution in [0.3, 0.4) is 0 Å². The van der Waals surface area contributed by atoms with Gasteiger partial charge in [0.1, 0.15) is 18.5 Å². The zero-order valence-electron chi connectivity index (χ0n) is 14.1. The van der Waals surface area contributed by atoms with Crippen LogP contribution in [0.2, 0.25) is 0 Å². The van der Waals surface area contributed by atoms with Gasteiger partial charge in [-0.1, -0.05) is 18.2 Å². The van der Waals surface area contributed by atoms with Crippen molar-refractivity contribution in [2.24, 2.45) is 0 Å². The second-order valence-corrected chi connectivity index (χ2v) is 6.85. The van der Waals surface area contributed by atoms with Gasteiger partial charge in [0.05, 0.1) is 0 Å². The molecule has 4 rings (SSSR count). The molecule has 2 aliphatic rings. The minimum atomic E-state index is -0.0938. The van der Waals surface area contributed by atoms with Gasteiger partial charge in [0.25, 0.3) is 0 Å². The maximum atomic E-state index is 9.95. The molecule has 0 unspecified atom stereocenters. The average Bonchev–Trinajstić information content (AvgIpc) is 2.63. The molecule has 2 atom stereocenters. The molecule has 0 aliphatic carbocycles. The van der Waals surface area contributed by atoms with Crippen molar-refractivity contribution >= 4 is 0 Å². The zero-order valence-corrected chi connectivity index (χ0v) is 14.1. The van der Waals surface area contributed by atoms with Crippen molar-refractivity contribution in [3.05, 3.63) is 48.0 Å². The summed E-state index contributed by atoms with van der Waals surface area (Å²) in [6.07, 6.45) is 2.16. The summed E-state index contributed by atoms with van der Waals surface area (Å²) >= 11 is 0. The fraction of sp³-hybridized carbons (Fsp3) is 0.400. The fourth-order valence-electron chi connectivity index (χ4n) is 3.77. The van der Waals surface area contributed by atoms with Crippen molar-refractivity contribution < 1.29 is 19.7 Å². The summed E-state index contributed by atoms with van der Waals surface area (Å²) in [5.41, 5.74) is 1.19. The number of benzene rings is 2. The lowest BCUT2D eigenvalue weighted by atomic mass is 9.90. The third-order valence-electron chi connectivity index (χ3n) is 4.98. The van der Waals surface area contributed by atoms with Crippen LogP contribution < -0.4 is 9.47 Å². The number of phenolic OH excluding ortho intramolecular Hbond substituents is 2. The van der Waals surface area contributed by atoms with E-state index >= 15 is 0 Å². The molecule has 5 nitrogen and oxygen atoms in total. The number of piperidine rings is 1. The number of rotatable bonds is 3. The molecule has 0 saturated carbocycles. The molecule has 5 heteroatoms. The number of fused-ring (bicyclic) bond motifs is 1. The highest BCUT2D eigenvalue weighted by atomic mass is 16.6. The van der Waals surface area contributed by atoms with Crippen LogP contribution in [0.1, 0.15) is 24.3 Å². The highest BCUT2D eigenvalue weighted by Gasteiger charge is 2.28. The summed E-state index contributed by atoms with van der Waals surface area (Å²) in [5, 5.41) is 19.7. The van der Waals surface area contributed by atoms with Gasteiger partial charge in [-0.25, -0.2) is 0 Å². The molecule has 2 aromatic rings. The highest BCUT2D eigenvalue weighted by molar-refractivity contribution is 5.51. The zero-order chi connectivity index (χ0) is 17.2. The van der Waals surface area contributed by atoms with Gasteiger partial charge in [0.2, 0.25) is 5.75 Å². The van der Waals surface area contributed by atoms with E-state index in [4.69, 9.17) is 9.47 Å². The molecule has 1 saturated heterocycles. The van der Waals surface area contributed by atoms with Crippen LogP contribution in [0.25, 0.3) is 0 Å². The summed E-state index contributed by atoms with van der Waals surface area (Å²) in [6, 6.07) is 12.7.